The zero-order chi connectivity index (χ0) is 14.8. The molecule has 0 aliphatic carbocycles. The van der Waals surface area contributed by atoms with E-state index < -0.39 is 12.1 Å². The second-order valence-corrected chi connectivity index (χ2v) is 4.43. The van der Waals surface area contributed by atoms with Crippen molar-refractivity contribution in [1.29, 1.82) is 0 Å². The van der Waals surface area contributed by atoms with Crippen LogP contribution in [0.5, 0.6) is 0 Å². The molecule has 1 atom stereocenters. The highest BCUT2D eigenvalue weighted by molar-refractivity contribution is 5.86. The highest BCUT2D eigenvalue weighted by Gasteiger charge is 2.22. The first kappa shape index (κ1) is 17.2. The van der Waals surface area contributed by atoms with Gasteiger partial charge < -0.3 is 21.1 Å². The van der Waals surface area contributed by atoms with Crippen LogP contribution in [0, 0.1) is 5.92 Å². The summed E-state index contributed by atoms with van der Waals surface area (Å²) in [5.74, 6) is -0.664. The first-order valence-electron chi connectivity index (χ1n) is 6.37. The number of ether oxygens (including phenoxy) is 1. The number of rotatable bonds is 8. The Morgan fingerprint density at radius 1 is 1.26 bits per heavy atom. The number of hydrogen-bond donors (Lipinski definition) is 3. The Bertz CT molecular complexity index is 318. The monoisotopic (exact) mass is 273 g/mol. The first-order chi connectivity index (χ1) is 8.88. The molecule has 0 heterocycles. The molecule has 0 fully saturated rings. The van der Waals surface area contributed by atoms with E-state index in [-0.39, 0.29) is 24.2 Å². The maximum atomic E-state index is 11.8. The Morgan fingerprint density at radius 2 is 1.89 bits per heavy atom. The molecule has 19 heavy (non-hydrogen) atoms. The van der Waals surface area contributed by atoms with Gasteiger partial charge in [0.25, 0.3) is 0 Å². The molecular formula is C12H23N3O4. The summed E-state index contributed by atoms with van der Waals surface area (Å²) >= 11 is 0. The van der Waals surface area contributed by atoms with Crippen molar-refractivity contribution in [3.05, 3.63) is 0 Å². The number of nitrogens with one attached hydrogen (secondary N) is 2. The Morgan fingerprint density at radius 3 is 2.37 bits per heavy atom. The van der Waals surface area contributed by atoms with Crippen molar-refractivity contribution < 1.29 is 19.1 Å². The molecular weight excluding hydrogens is 250 g/mol. The van der Waals surface area contributed by atoms with Gasteiger partial charge in [-0.2, -0.15) is 0 Å². The fourth-order valence-electron chi connectivity index (χ4n) is 1.48. The molecule has 0 unspecified atom stereocenters. The van der Waals surface area contributed by atoms with Crippen LogP contribution in [0.25, 0.3) is 0 Å². The van der Waals surface area contributed by atoms with Crippen molar-refractivity contribution in [2.24, 2.45) is 11.7 Å². The molecule has 3 amide bonds. The van der Waals surface area contributed by atoms with Crippen LogP contribution in [0.15, 0.2) is 0 Å². The van der Waals surface area contributed by atoms with Crippen LogP contribution < -0.4 is 16.4 Å². The minimum atomic E-state index is -0.736. The predicted octanol–water partition coefficient (Wildman–Crippen LogP) is 0.139. The van der Waals surface area contributed by atoms with Gasteiger partial charge >= 0.3 is 12.0 Å². The van der Waals surface area contributed by atoms with Crippen molar-refractivity contribution in [2.75, 3.05) is 13.2 Å². The number of primary amides is 1. The third-order valence-electron chi connectivity index (χ3n) is 2.41. The van der Waals surface area contributed by atoms with Gasteiger partial charge in [0.2, 0.25) is 5.91 Å². The van der Waals surface area contributed by atoms with Crippen LogP contribution in [-0.4, -0.2) is 37.1 Å². The summed E-state index contributed by atoms with van der Waals surface area (Å²) in [7, 11) is 0. The second-order valence-electron chi connectivity index (χ2n) is 4.43. The van der Waals surface area contributed by atoms with E-state index in [0.717, 1.165) is 0 Å². The molecule has 0 aromatic heterocycles. The van der Waals surface area contributed by atoms with E-state index in [1.54, 1.807) is 20.8 Å². The highest BCUT2D eigenvalue weighted by atomic mass is 16.5. The number of urea groups is 1. The molecule has 0 aliphatic rings. The number of nitrogens with two attached hydrogens (primary N) is 1. The van der Waals surface area contributed by atoms with Crippen LogP contribution in [0.3, 0.4) is 0 Å². The third-order valence-corrected chi connectivity index (χ3v) is 2.41. The quantitative estimate of drug-likeness (QED) is 0.431. The van der Waals surface area contributed by atoms with Gasteiger partial charge in [-0.25, -0.2) is 4.79 Å². The summed E-state index contributed by atoms with van der Waals surface area (Å²) in [4.78, 5) is 33.6. The number of esters is 1. The van der Waals surface area contributed by atoms with E-state index in [0.29, 0.717) is 19.6 Å². The van der Waals surface area contributed by atoms with Crippen LogP contribution in [0.1, 0.15) is 33.6 Å². The number of carbonyl (C=O) groups excluding carboxylic acids is 3. The summed E-state index contributed by atoms with van der Waals surface area (Å²) in [6.45, 7) is 6.05. The van der Waals surface area contributed by atoms with Crippen molar-refractivity contribution in [3.63, 3.8) is 0 Å². The molecule has 0 rings (SSSR count). The Labute approximate surface area is 113 Å². The van der Waals surface area contributed by atoms with Gasteiger partial charge in [-0.15, -0.1) is 0 Å². The van der Waals surface area contributed by atoms with E-state index in [1.165, 1.54) is 0 Å². The van der Waals surface area contributed by atoms with Crippen LogP contribution in [0.2, 0.25) is 0 Å². The van der Waals surface area contributed by atoms with Crippen LogP contribution in [-0.2, 0) is 14.3 Å². The number of amides is 3. The van der Waals surface area contributed by atoms with Gasteiger partial charge in [0.05, 0.1) is 6.61 Å². The summed E-state index contributed by atoms with van der Waals surface area (Å²) < 4.78 is 4.76. The normalized spacial score (nSPS) is 11.8. The van der Waals surface area contributed by atoms with Crippen molar-refractivity contribution >= 4 is 17.9 Å². The average Bonchev–Trinajstić information content (AvgIpc) is 2.31. The highest BCUT2D eigenvalue weighted by Crippen LogP contribution is 2.01. The molecule has 7 heteroatoms. The zero-order valence-electron chi connectivity index (χ0n) is 11.7. The Balaban J connectivity index is 4.00. The van der Waals surface area contributed by atoms with Gasteiger partial charge in [-0.3, -0.25) is 9.59 Å². The molecule has 0 bridgehead atoms. The van der Waals surface area contributed by atoms with E-state index in [1.807, 2.05) is 0 Å². The van der Waals surface area contributed by atoms with E-state index >= 15 is 0 Å². The summed E-state index contributed by atoms with van der Waals surface area (Å²) in [5.41, 5.74) is 5.01. The predicted molar refractivity (Wildman–Crippen MR) is 70.2 cm³/mol. The molecule has 0 aromatic rings. The fraction of sp³-hybridized carbons (Fsp3) is 0.750. The molecule has 0 saturated heterocycles. The van der Waals surface area contributed by atoms with Gasteiger partial charge in [0.1, 0.15) is 6.04 Å². The molecule has 4 N–H and O–H groups in total. The molecule has 110 valence electrons. The largest absolute Gasteiger partial charge is 0.466 e. The van der Waals surface area contributed by atoms with Crippen LogP contribution in [0.4, 0.5) is 4.79 Å². The Kier molecular flexibility index (Phi) is 8.32. The van der Waals surface area contributed by atoms with Gasteiger partial charge in [0, 0.05) is 13.0 Å². The minimum absolute atomic E-state index is 0.0717. The SMILES string of the molecule is CCOC(=O)CCCNC(=O)[C@H](NC(N)=O)C(C)C. The summed E-state index contributed by atoms with van der Waals surface area (Å²) in [6, 6.07) is -1.40. The van der Waals surface area contributed by atoms with Crippen LogP contribution >= 0.6 is 0 Å². The molecule has 0 aliphatic heterocycles. The summed E-state index contributed by atoms with van der Waals surface area (Å²) in [6.07, 6.45) is 0.746. The standard InChI is InChI=1S/C12H23N3O4/c1-4-19-9(16)6-5-7-14-11(17)10(8(2)3)15-12(13)18/h8,10H,4-7H2,1-3H3,(H,14,17)(H3,13,15,18)/t10-/m1/s1. The number of carbonyl (C=O) groups is 3. The topological polar surface area (TPSA) is 111 Å². The second kappa shape index (κ2) is 9.18. The number of hydrogen-bond acceptors (Lipinski definition) is 4. The first-order valence-corrected chi connectivity index (χ1v) is 6.37. The molecule has 7 nitrogen and oxygen atoms in total. The lowest BCUT2D eigenvalue weighted by molar-refractivity contribution is -0.143. The lowest BCUT2D eigenvalue weighted by atomic mass is 10.0. The van der Waals surface area contributed by atoms with Crippen molar-refractivity contribution in [2.45, 2.75) is 39.7 Å². The molecule has 0 aromatic carbocycles. The van der Waals surface area contributed by atoms with Gasteiger partial charge in [-0.05, 0) is 19.3 Å². The third kappa shape index (κ3) is 8.01. The minimum Gasteiger partial charge on any atom is -0.466 e. The smallest absolute Gasteiger partial charge is 0.312 e. The summed E-state index contributed by atoms with van der Waals surface area (Å²) in [5, 5.41) is 5.03. The maximum absolute atomic E-state index is 11.8. The maximum Gasteiger partial charge on any atom is 0.312 e. The van der Waals surface area contributed by atoms with Crippen molar-refractivity contribution in [1.82, 2.24) is 10.6 Å². The van der Waals surface area contributed by atoms with Gasteiger partial charge in [-0.1, -0.05) is 13.8 Å². The molecule has 0 radical (unpaired) electrons. The van der Waals surface area contributed by atoms with E-state index in [2.05, 4.69) is 10.6 Å². The van der Waals surface area contributed by atoms with E-state index in [9.17, 15) is 14.4 Å². The van der Waals surface area contributed by atoms with Crippen molar-refractivity contribution in [3.8, 4) is 0 Å². The van der Waals surface area contributed by atoms with E-state index in [4.69, 9.17) is 10.5 Å². The average molecular weight is 273 g/mol. The lowest BCUT2D eigenvalue weighted by Crippen LogP contribution is -2.51. The zero-order valence-corrected chi connectivity index (χ0v) is 11.7. The fourth-order valence-corrected chi connectivity index (χ4v) is 1.48. The Hall–Kier alpha value is -1.79. The molecule has 0 spiro atoms. The lowest BCUT2D eigenvalue weighted by Gasteiger charge is -2.20. The molecule has 0 saturated carbocycles. The van der Waals surface area contributed by atoms with Gasteiger partial charge in [0.15, 0.2) is 0 Å².